The van der Waals surface area contributed by atoms with Crippen molar-refractivity contribution in [2.24, 2.45) is 0 Å². The van der Waals surface area contributed by atoms with Gasteiger partial charge in [0, 0.05) is 11.8 Å². The predicted octanol–water partition coefficient (Wildman–Crippen LogP) is 3.25. The molecule has 17 heavy (non-hydrogen) atoms. The van der Waals surface area contributed by atoms with Crippen molar-refractivity contribution in [3.05, 3.63) is 42.5 Å². The van der Waals surface area contributed by atoms with E-state index in [-0.39, 0.29) is 6.04 Å². The van der Waals surface area contributed by atoms with Crippen LogP contribution in [-0.4, -0.2) is 11.6 Å². The first-order valence-corrected chi connectivity index (χ1v) is 5.67. The summed E-state index contributed by atoms with van der Waals surface area (Å²) in [5.41, 5.74) is 1.99. The average molecular weight is 232 g/mol. The molecule has 2 aromatic rings. The first-order valence-electron chi connectivity index (χ1n) is 5.67. The fourth-order valence-electron chi connectivity index (χ4n) is 1.59. The average Bonchev–Trinajstić information content (AvgIpc) is 2.85. The zero-order chi connectivity index (χ0) is 12.1. The van der Waals surface area contributed by atoms with Gasteiger partial charge in [-0.15, -0.1) is 0 Å². The van der Waals surface area contributed by atoms with Gasteiger partial charge in [0.1, 0.15) is 0 Å². The van der Waals surface area contributed by atoms with Gasteiger partial charge in [0.05, 0.1) is 30.9 Å². The Labute approximate surface area is 101 Å². The summed E-state index contributed by atoms with van der Waals surface area (Å²) in [5.74, 6) is 0.630. The van der Waals surface area contributed by atoms with Crippen LogP contribution in [-0.2, 0) is 0 Å². The first-order chi connectivity index (χ1) is 8.31. The van der Waals surface area contributed by atoms with Gasteiger partial charge in [-0.2, -0.15) is 0 Å². The van der Waals surface area contributed by atoms with Crippen molar-refractivity contribution in [1.82, 2.24) is 4.98 Å². The summed E-state index contributed by atoms with van der Waals surface area (Å²) < 4.78 is 10.5. The molecule has 4 heteroatoms. The third-order valence-electron chi connectivity index (χ3n) is 2.47. The van der Waals surface area contributed by atoms with E-state index in [4.69, 9.17) is 9.15 Å². The SMILES string of the molecule is CCOc1ncccc1NC(C)c1ccoc1. The molecule has 1 atom stereocenters. The summed E-state index contributed by atoms with van der Waals surface area (Å²) >= 11 is 0. The van der Waals surface area contributed by atoms with Crippen LogP contribution < -0.4 is 10.1 Å². The maximum atomic E-state index is 5.46. The zero-order valence-electron chi connectivity index (χ0n) is 10.0. The van der Waals surface area contributed by atoms with Gasteiger partial charge >= 0.3 is 0 Å². The van der Waals surface area contributed by atoms with Gasteiger partial charge in [0.2, 0.25) is 5.88 Å². The molecule has 0 amide bonds. The van der Waals surface area contributed by atoms with E-state index < -0.39 is 0 Å². The van der Waals surface area contributed by atoms with Crippen LogP contribution in [0, 0.1) is 0 Å². The summed E-state index contributed by atoms with van der Waals surface area (Å²) in [6, 6.07) is 5.92. The number of ether oxygens (including phenoxy) is 1. The molecule has 0 aliphatic heterocycles. The van der Waals surface area contributed by atoms with Crippen molar-refractivity contribution >= 4 is 5.69 Å². The number of nitrogens with one attached hydrogen (secondary N) is 1. The summed E-state index contributed by atoms with van der Waals surface area (Å²) in [7, 11) is 0. The fourth-order valence-corrected chi connectivity index (χ4v) is 1.59. The van der Waals surface area contributed by atoms with Crippen molar-refractivity contribution in [3.8, 4) is 5.88 Å². The quantitative estimate of drug-likeness (QED) is 0.859. The van der Waals surface area contributed by atoms with Crippen LogP contribution in [0.5, 0.6) is 5.88 Å². The van der Waals surface area contributed by atoms with E-state index in [1.54, 1.807) is 18.7 Å². The van der Waals surface area contributed by atoms with Gasteiger partial charge in [-0.1, -0.05) is 0 Å². The molecule has 1 N–H and O–H groups in total. The molecular weight excluding hydrogens is 216 g/mol. The number of hydrogen-bond acceptors (Lipinski definition) is 4. The van der Waals surface area contributed by atoms with E-state index in [1.165, 1.54) is 0 Å². The molecule has 2 rings (SSSR count). The molecule has 90 valence electrons. The molecule has 0 bridgehead atoms. The molecule has 0 saturated carbocycles. The minimum Gasteiger partial charge on any atom is -0.476 e. The van der Waals surface area contributed by atoms with Crippen molar-refractivity contribution < 1.29 is 9.15 Å². The second-order valence-corrected chi connectivity index (χ2v) is 3.71. The Morgan fingerprint density at radius 2 is 2.35 bits per heavy atom. The van der Waals surface area contributed by atoms with Crippen LogP contribution in [0.2, 0.25) is 0 Å². The van der Waals surface area contributed by atoms with E-state index in [9.17, 15) is 0 Å². The first kappa shape index (κ1) is 11.5. The number of furan rings is 1. The Bertz CT molecular complexity index is 454. The van der Waals surface area contributed by atoms with Crippen LogP contribution >= 0.6 is 0 Å². The maximum absolute atomic E-state index is 5.46. The Hall–Kier alpha value is -1.97. The van der Waals surface area contributed by atoms with Crippen LogP contribution in [0.3, 0.4) is 0 Å². The van der Waals surface area contributed by atoms with Gasteiger partial charge in [-0.25, -0.2) is 4.98 Å². The summed E-state index contributed by atoms with van der Waals surface area (Å²) in [6.45, 7) is 4.61. The summed E-state index contributed by atoms with van der Waals surface area (Å²) in [5, 5.41) is 3.35. The summed E-state index contributed by atoms with van der Waals surface area (Å²) in [4.78, 5) is 4.19. The molecule has 0 aromatic carbocycles. The highest BCUT2D eigenvalue weighted by Gasteiger charge is 2.10. The largest absolute Gasteiger partial charge is 0.476 e. The normalized spacial score (nSPS) is 12.1. The lowest BCUT2D eigenvalue weighted by molar-refractivity contribution is 0.328. The number of aromatic nitrogens is 1. The highest BCUT2D eigenvalue weighted by atomic mass is 16.5. The highest BCUT2D eigenvalue weighted by molar-refractivity contribution is 5.53. The third-order valence-corrected chi connectivity index (χ3v) is 2.47. The van der Waals surface area contributed by atoms with Gasteiger partial charge in [0.15, 0.2) is 0 Å². The van der Waals surface area contributed by atoms with Crippen molar-refractivity contribution in [2.45, 2.75) is 19.9 Å². The molecule has 2 aromatic heterocycles. The zero-order valence-corrected chi connectivity index (χ0v) is 10.0. The molecule has 0 saturated heterocycles. The molecule has 4 nitrogen and oxygen atoms in total. The molecule has 0 aliphatic rings. The van der Waals surface area contributed by atoms with Gasteiger partial charge in [-0.3, -0.25) is 0 Å². The van der Waals surface area contributed by atoms with Crippen LogP contribution in [0.1, 0.15) is 25.5 Å². The van der Waals surface area contributed by atoms with Crippen molar-refractivity contribution in [2.75, 3.05) is 11.9 Å². The monoisotopic (exact) mass is 232 g/mol. The van der Waals surface area contributed by atoms with Crippen LogP contribution in [0.15, 0.2) is 41.3 Å². The third kappa shape index (κ3) is 2.78. The van der Waals surface area contributed by atoms with Gasteiger partial charge in [-0.05, 0) is 32.0 Å². The minimum absolute atomic E-state index is 0.150. The van der Waals surface area contributed by atoms with Crippen LogP contribution in [0.4, 0.5) is 5.69 Å². The predicted molar refractivity (Wildman–Crippen MR) is 66.2 cm³/mol. The van der Waals surface area contributed by atoms with E-state index in [1.807, 2.05) is 25.1 Å². The Morgan fingerprint density at radius 3 is 3.06 bits per heavy atom. The van der Waals surface area contributed by atoms with E-state index >= 15 is 0 Å². The van der Waals surface area contributed by atoms with Crippen molar-refractivity contribution in [3.63, 3.8) is 0 Å². The smallest absolute Gasteiger partial charge is 0.237 e. The molecule has 0 fully saturated rings. The number of pyridine rings is 1. The molecule has 0 radical (unpaired) electrons. The fraction of sp³-hybridized carbons (Fsp3) is 0.308. The number of rotatable bonds is 5. The molecule has 1 unspecified atom stereocenters. The Balaban J connectivity index is 2.12. The molecule has 0 spiro atoms. The highest BCUT2D eigenvalue weighted by Crippen LogP contribution is 2.25. The van der Waals surface area contributed by atoms with Gasteiger partial charge < -0.3 is 14.5 Å². The lowest BCUT2D eigenvalue weighted by Crippen LogP contribution is -2.08. The molecule has 0 aliphatic carbocycles. The Morgan fingerprint density at radius 1 is 1.47 bits per heavy atom. The molecular formula is C13H16N2O2. The molecule has 2 heterocycles. The van der Waals surface area contributed by atoms with E-state index in [0.29, 0.717) is 12.5 Å². The Kier molecular flexibility index (Phi) is 3.65. The standard InChI is InChI=1S/C13H16N2O2/c1-3-17-13-12(5-4-7-14-13)15-10(2)11-6-8-16-9-11/h4-10,15H,3H2,1-2H3. The van der Waals surface area contributed by atoms with Crippen molar-refractivity contribution in [1.29, 1.82) is 0 Å². The van der Waals surface area contributed by atoms with Gasteiger partial charge in [0.25, 0.3) is 0 Å². The van der Waals surface area contributed by atoms with Crippen LogP contribution in [0.25, 0.3) is 0 Å². The number of hydrogen-bond donors (Lipinski definition) is 1. The lowest BCUT2D eigenvalue weighted by Gasteiger charge is -2.15. The summed E-state index contributed by atoms with van der Waals surface area (Å²) in [6.07, 6.45) is 5.12. The topological polar surface area (TPSA) is 47.3 Å². The minimum atomic E-state index is 0.150. The second-order valence-electron chi connectivity index (χ2n) is 3.71. The van der Waals surface area contributed by atoms with E-state index in [2.05, 4.69) is 17.2 Å². The number of anilines is 1. The van der Waals surface area contributed by atoms with E-state index in [0.717, 1.165) is 11.3 Å². The number of nitrogens with zero attached hydrogens (tertiary/aromatic N) is 1. The maximum Gasteiger partial charge on any atom is 0.237 e. The second kappa shape index (κ2) is 5.39. The lowest BCUT2D eigenvalue weighted by atomic mass is 10.2.